The number of amides is 1. The van der Waals surface area contributed by atoms with Crippen molar-refractivity contribution in [3.8, 4) is 11.5 Å². The average Bonchev–Trinajstić information content (AvgIpc) is 2.58. The van der Waals surface area contributed by atoms with E-state index in [0.29, 0.717) is 35.0 Å². The molecule has 0 saturated carbocycles. The summed E-state index contributed by atoms with van der Waals surface area (Å²) in [6.45, 7) is 2.47. The molecule has 2 aromatic rings. The normalized spacial score (nSPS) is 9.92. The zero-order chi connectivity index (χ0) is 17.7. The number of benzene rings is 2. The molecular weight excluding hydrogens is 363 g/mol. The zero-order valence-electron chi connectivity index (χ0n) is 14.4. The lowest BCUT2D eigenvalue weighted by Crippen LogP contribution is -2.26. The molecule has 3 N–H and O–H groups in total. The molecule has 0 heterocycles. The van der Waals surface area contributed by atoms with Crippen molar-refractivity contribution in [3.05, 3.63) is 52.0 Å². The molecule has 0 aliphatic carbocycles. The van der Waals surface area contributed by atoms with E-state index in [1.165, 1.54) is 13.2 Å². The van der Waals surface area contributed by atoms with Crippen LogP contribution in [0.4, 0.5) is 5.69 Å². The molecule has 136 valence electrons. The van der Waals surface area contributed by atoms with Crippen molar-refractivity contribution < 1.29 is 14.3 Å². The summed E-state index contributed by atoms with van der Waals surface area (Å²) in [4.78, 5) is 12.3. The summed E-state index contributed by atoms with van der Waals surface area (Å²) in [6, 6.07) is 9.05. The monoisotopic (exact) mass is 384 g/mol. The van der Waals surface area contributed by atoms with E-state index in [-0.39, 0.29) is 18.3 Å². The molecule has 0 aromatic heterocycles. The Morgan fingerprint density at radius 3 is 2.48 bits per heavy atom. The third-order valence-electron chi connectivity index (χ3n) is 3.74. The van der Waals surface area contributed by atoms with Crippen molar-refractivity contribution in [1.82, 2.24) is 5.32 Å². The lowest BCUT2D eigenvalue weighted by molar-refractivity contribution is 0.0951. The summed E-state index contributed by atoms with van der Waals surface area (Å²) in [7, 11) is 3.13. The molecule has 25 heavy (non-hydrogen) atoms. The predicted octanol–water partition coefficient (Wildman–Crippen LogP) is 3.64. The first-order valence-electron chi connectivity index (χ1n) is 7.51. The van der Waals surface area contributed by atoms with Crippen LogP contribution in [0.15, 0.2) is 30.3 Å². The Kier molecular flexibility index (Phi) is 7.87. The summed E-state index contributed by atoms with van der Waals surface area (Å²) in [6.07, 6.45) is 0.688. The van der Waals surface area contributed by atoms with Crippen molar-refractivity contribution in [1.29, 1.82) is 0 Å². The van der Waals surface area contributed by atoms with Crippen LogP contribution < -0.4 is 20.5 Å². The second kappa shape index (κ2) is 9.39. The molecular formula is C18H22Cl2N2O3. The molecule has 1 amide bonds. The Labute approximate surface area is 158 Å². The first-order chi connectivity index (χ1) is 11.5. The second-order valence-electron chi connectivity index (χ2n) is 5.38. The minimum atomic E-state index is -0.257. The van der Waals surface area contributed by atoms with Crippen LogP contribution in [-0.4, -0.2) is 26.7 Å². The maximum atomic E-state index is 12.3. The number of nitrogen functional groups attached to an aromatic ring is 1. The highest BCUT2D eigenvalue weighted by molar-refractivity contribution is 6.33. The van der Waals surface area contributed by atoms with E-state index in [0.717, 1.165) is 16.9 Å². The van der Waals surface area contributed by atoms with Gasteiger partial charge in [0.1, 0.15) is 11.5 Å². The summed E-state index contributed by atoms with van der Waals surface area (Å²) in [5.41, 5.74) is 8.62. The minimum Gasteiger partial charge on any atom is -0.496 e. The average molecular weight is 385 g/mol. The lowest BCUT2D eigenvalue weighted by atomic mass is 10.1. The zero-order valence-corrected chi connectivity index (χ0v) is 16.0. The number of ether oxygens (including phenoxy) is 2. The van der Waals surface area contributed by atoms with E-state index >= 15 is 0 Å². The SMILES string of the molecule is COc1cc(CCNC(=O)c2cc(Cl)c(N)cc2OC)ccc1C.Cl. The first kappa shape index (κ1) is 20.9. The van der Waals surface area contributed by atoms with Gasteiger partial charge in [-0.05, 0) is 36.6 Å². The van der Waals surface area contributed by atoms with Gasteiger partial charge < -0.3 is 20.5 Å². The molecule has 0 saturated heterocycles. The van der Waals surface area contributed by atoms with Gasteiger partial charge in [-0.2, -0.15) is 0 Å². The predicted molar refractivity (Wildman–Crippen MR) is 103 cm³/mol. The van der Waals surface area contributed by atoms with E-state index in [2.05, 4.69) is 5.32 Å². The number of carbonyl (C=O) groups excluding carboxylic acids is 1. The molecule has 0 unspecified atom stereocenters. The van der Waals surface area contributed by atoms with Crippen LogP contribution in [0.3, 0.4) is 0 Å². The fraction of sp³-hybridized carbons (Fsp3) is 0.278. The molecule has 7 heteroatoms. The van der Waals surface area contributed by atoms with Crippen molar-refractivity contribution in [2.75, 3.05) is 26.5 Å². The number of nitrogens with one attached hydrogen (secondary N) is 1. The molecule has 0 spiro atoms. The van der Waals surface area contributed by atoms with Gasteiger partial charge in [0.25, 0.3) is 5.91 Å². The lowest BCUT2D eigenvalue weighted by Gasteiger charge is -2.12. The molecule has 0 aliphatic heterocycles. The van der Waals surface area contributed by atoms with Crippen molar-refractivity contribution >= 4 is 35.6 Å². The summed E-state index contributed by atoms with van der Waals surface area (Å²) in [5.74, 6) is 0.977. The number of methoxy groups -OCH3 is 2. The third kappa shape index (κ3) is 5.18. The van der Waals surface area contributed by atoms with Gasteiger partial charge in [-0.1, -0.05) is 23.7 Å². The molecule has 2 aromatic carbocycles. The molecule has 0 radical (unpaired) electrons. The highest BCUT2D eigenvalue weighted by atomic mass is 35.5. The molecule has 2 rings (SSSR count). The van der Waals surface area contributed by atoms with Gasteiger partial charge in [0.05, 0.1) is 30.5 Å². The number of aryl methyl sites for hydroxylation is 1. The summed E-state index contributed by atoms with van der Waals surface area (Å²) in [5, 5.41) is 3.19. The standard InChI is InChI=1S/C18H21ClN2O3.ClH/c1-11-4-5-12(8-16(11)23-2)6-7-21-18(22)13-9-14(19)15(20)10-17(13)24-3;/h4-5,8-10H,6-7,20H2,1-3H3,(H,21,22);1H. The van der Waals surface area contributed by atoms with Gasteiger partial charge in [0, 0.05) is 12.6 Å². The second-order valence-corrected chi connectivity index (χ2v) is 5.79. The van der Waals surface area contributed by atoms with Gasteiger partial charge in [0.15, 0.2) is 0 Å². The van der Waals surface area contributed by atoms with E-state index in [1.807, 2.05) is 25.1 Å². The molecule has 0 bridgehead atoms. The Morgan fingerprint density at radius 1 is 1.16 bits per heavy atom. The van der Waals surface area contributed by atoms with Gasteiger partial charge in [-0.3, -0.25) is 4.79 Å². The Bertz CT molecular complexity index is 751. The van der Waals surface area contributed by atoms with Crippen LogP contribution in [0.1, 0.15) is 21.5 Å². The van der Waals surface area contributed by atoms with Crippen molar-refractivity contribution in [3.63, 3.8) is 0 Å². The fourth-order valence-electron chi connectivity index (χ4n) is 2.35. The number of rotatable bonds is 6. The van der Waals surface area contributed by atoms with Gasteiger partial charge >= 0.3 is 0 Å². The molecule has 5 nitrogen and oxygen atoms in total. The highest BCUT2D eigenvalue weighted by Gasteiger charge is 2.14. The minimum absolute atomic E-state index is 0. The topological polar surface area (TPSA) is 73.6 Å². The fourth-order valence-corrected chi connectivity index (χ4v) is 2.51. The first-order valence-corrected chi connectivity index (χ1v) is 7.88. The molecule has 0 fully saturated rings. The number of carbonyl (C=O) groups is 1. The molecule has 0 aliphatic rings. The van der Waals surface area contributed by atoms with Crippen molar-refractivity contribution in [2.24, 2.45) is 0 Å². The van der Waals surface area contributed by atoms with Crippen LogP contribution in [0, 0.1) is 6.92 Å². The van der Waals surface area contributed by atoms with Crippen LogP contribution >= 0.6 is 24.0 Å². The maximum Gasteiger partial charge on any atom is 0.255 e. The molecule has 0 atom stereocenters. The van der Waals surface area contributed by atoms with Crippen LogP contribution in [0.5, 0.6) is 11.5 Å². The van der Waals surface area contributed by atoms with E-state index in [4.69, 9.17) is 26.8 Å². The number of hydrogen-bond donors (Lipinski definition) is 2. The van der Waals surface area contributed by atoms with E-state index in [9.17, 15) is 4.79 Å². The van der Waals surface area contributed by atoms with Crippen molar-refractivity contribution in [2.45, 2.75) is 13.3 Å². The van der Waals surface area contributed by atoms with Crippen LogP contribution in [0.2, 0.25) is 5.02 Å². The Hall–Kier alpha value is -2.11. The number of halogens is 2. The number of anilines is 1. The van der Waals surface area contributed by atoms with Crippen LogP contribution in [-0.2, 0) is 6.42 Å². The smallest absolute Gasteiger partial charge is 0.255 e. The van der Waals surface area contributed by atoms with Gasteiger partial charge in [0.2, 0.25) is 0 Å². The third-order valence-corrected chi connectivity index (χ3v) is 4.06. The van der Waals surface area contributed by atoms with Crippen LogP contribution in [0.25, 0.3) is 0 Å². The van der Waals surface area contributed by atoms with E-state index < -0.39 is 0 Å². The van der Waals surface area contributed by atoms with Gasteiger partial charge in [-0.15, -0.1) is 12.4 Å². The largest absolute Gasteiger partial charge is 0.496 e. The Morgan fingerprint density at radius 2 is 1.84 bits per heavy atom. The summed E-state index contributed by atoms with van der Waals surface area (Å²) < 4.78 is 10.5. The summed E-state index contributed by atoms with van der Waals surface area (Å²) >= 11 is 5.99. The van der Waals surface area contributed by atoms with E-state index in [1.54, 1.807) is 13.2 Å². The number of hydrogen-bond acceptors (Lipinski definition) is 4. The maximum absolute atomic E-state index is 12.3. The quantitative estimate of drug-likeness (QED) is 0.745. The Balaban J connectivity index is 0.00000312. The van der Waals surface area contributed by atoms with Gasteiger partial charge in [-0.25, -0.2) is 0 Å². The highest BCUT2D eigenvalue weighted by Crippen LogP contribution is 2.28. The number of nitrogens with two attached hydrogens (primary N) is 1.